The number of hydrogen-bond donors (Lipinski definition) is 3. The molecule has 0 atom stereocenters. The smallest absolute Gasteiger partial charge is 0.248 e. The maximum absolute atomic E-state index is 9.27. The fraction of sp³-hybridized carbons (Fsp3) is 0.714. The van der Waals surface area contributed by atoms with Crippen LogP contribution in [-0.4, -0.2) is 104 Å². The predicted molar refractivity (Wildman–Crippen MR) is 136 cm³/mol. The summed E-state index contributed by atoms with van der Waals surface area (Å²) in [7, 11) is 0. The molecule has 0 spiro atoms. The monoisotopic (exact) mass is 513 g/mol. The van der Waals surface area contributed by atoms with Gasteiger partial charge in [0, 0.05) is 19.8 Å². The molecule has 1 saturated heterocycles. The molecule has 0 aromatic rings. The molecule has 1 rings (SSSR count). The molecule has 1 aliphatic rings. The summed E-state index contributed by atoms with van der Waals surface area (Å²) in [6.07, 6.45) is -2.90. The molecule has 3 N–H and O–H groups in total. The highest BCUT2D eigenvalue weighted by Crippen LogP contribution is 2.30. The summed E-state index contributed by atoms with van der Waals surface area (Å²) in [5, 5.41) is 55.8. The summed E-state index contributed by atoms with van der Waals surface area (Å²) in [5.74, 6) is 0. The molecule has 1 heterocycles. The van der Waals surface area contributed by atoms with Gasteiger partial charge in [0.2, 0.25) is 19.1 Å². The molecule has 0 unspecified atom stereocenters. The van der Waals surface area contributed by atoms with E-state index in [0.29, 0.717) is 17.1 Å². The van der Waals surface area contributed by atoms with Gasteiger partial charge in [-0.3, -0.25) is 0 Å². The second-order valence-corrected chi connectivity index (χ2v) is 7.60. The van der Waals surface area contributed by atoms with E-state index < -0.39 is 19.1 Å². The molecule has 0 saturated carbocycles. The Bertz CT molecular complexity index is 776. The topological polar surface area (TPSA) is 172 Å². The Morgan fingerprint density at radius 2 is 0.722 bits per heavy atom. The lowest BCUT2D eigenvalue weighted by Crippen LogP contribution is -2.69. The predicted octanol–water partition coefficient (Wildman–Crippen LogP) is 2.54. The molecule has 0 bridgehead atoms. The minimum atomic E-state index is -0.967. The largest absolute Gasteiger partial charge is 0.411 e. The second kappa shape index (κ2) is 15.0. The molecule has 15 nitrogen and oxygen atoms in total. The third-order valence-corrected chi connectivity index (χ3v) is 5.12. The van der Waals surface area contributed by atoms with Gasteiger partial charge in [0.25, 0.3) is 0 Å². The van der Waals surface area contributed by atoms with Crippen LogP contribution < -0.4 is 0 Å². The van der Waals surface area contributed by atoms with E-state index in [1.54, 1.807) is 41.5 Å². The van der Waals surface area contributed by atoms with Crippen molar-refractivity contribution >= 4 is 34.3 Å². The van der Waals surface area contributed by atoms with Gasteiger partial charge in [-0.1, -0.05) is 15.5 Å². The quantitative estimate of drug-likeness (QED) is 0.201. The van der Waals surface area contributed by atoms with E-state index in [9.17, 15) is 15.6 Å². The van der Waals surface area contributed by atoms with Gasteiger partial charge in [-0.05, 0) is 62.3 Å². The molecule has 0 aromatic carbocycles. The first-order chi connectivity index (χ1) is 17.1. The van der Waals surface area contributed by atoms with Crippen molar-refractivity contribution < 1.29 is 29.8 Å². The number of hydrazone groups is 3. The number of rotatable bonds is 12. The minimum absolute atomic E-state index is 0.274. The Labute approximate surface area is 211 Å². The third kappa shape index (κ3) is 7.60. The van der Waals surface area contributed by atoms with Crippen LogP contribution in [-0.2, 0) is 14.2 Å². The minimum Gasteiger partial charge on any atom is -0.411 e. The van der Waals surface area contributed by atoms with Crippen molar-refractivity contribution in [1.29, 1.82) is 0 Å². The van der Waals surface area contributed by atoms with Gasteiger partial charge < -0.3 is 29.8 Å². The normalized spacial score (nSPS) is 23.6. The van der Waals surface area contributed by atoms with Crippen LogP contribution in [0.5, 0.6) is 0 Å². The highest BCUT2D eigenvalue weighted by atomic mass is 16.6. The van der Waals surface area contributed by atoms with Gasteiger partial charge in [-0.2, -0.15) is 30.3 Å². The Kier molecular flexibility index (Phi) is 12.8. The van der Waals surface area contributed by atoms with Gasteiger partial charge in [0.1, 0.15) is 0 Å². The Balaban J connectivity index is 3.99. The maximum Gasteiger partial charge on any atom is 0.248 e. The van der Waals surface area contributed by atoms with Crippen molar-refractivity contribution in [1.82, 2.24) is 15.0 Å². The van der Waals surface area contributed by atoms with Gasteiger partial charge in [0.15, 0.2) is 0 Å². The van der Waals surface area contributed by atoms with Crippen LogP contribution in [0, 0.1) is 0 Å². The van der Waals surface area contributed by atoms with E-state index in [1.807, 2.05) is 20.8 Å². The first kappa shape index (κ1) is 30.7. The standard InChI is InChI=1S/C21H39N9O6/c1-10-34-19-28(22-13(4)16(7)25-31)20(35-11-2)30(24-15(6)18(9)27-33)21(36-12-3)29(19)23-14(5)17(8)26-32/h19-21,31-33H,10-12H2,1-9H3/b22-13+,23-14+,24-15+,25-16-,26-17-,27-18-. The number of oxime groups is 3. The molecule has 0 aliphatic carbocycles. The van der Waals surface area contributed by atoms with Crippen LogP contribution in [0.4, 0.5) is 0 Å². The van der Waals surface area contributed by atoms with E-state index >= 15 is 0 Å². The number of nitrogens with zero attached hydrogens (tertiary/aromatic N) is 9. The molecule has 1 fully saturated rings. The van der Waals surface area contributed by atoms with Crippen LogP contribution in [0.15, 0.2) is 30.8 Å². The van der Waals surface area contributed by atoms with Gasteiger partial charge in [0.05, 0.1) is 34.3 Å². The summed E-state index contributed by atoms with van der Waals surface area (Å²) in [5.41, 5.74) is 1.96. The van der Waals surface area contributed by atoms with Crippen molar-refractivity contribution in [2.45, 2.75) is 81.4 Å². The molecule has 15 heteroatoms. The van der Waals surface area contributed by atoms with Crippen molar-refractivity contribution in [3.8, 4) is 0 Å². The highest BCUT2D eigenvalue weighted by Gasteiger charge is 2.48. The second-order valence-electron chi connectivity index (χ2n) is 7.60. The third-order valence-electron chi connectivity index (χ3n) is 5.12. The summed E-state index contributed by atoms with van der Waals surface area (Å²) in [6.45, 7) is 16.0. The molecule has 0 aromatic heterocycles. The van der Waals surface area contributed by atoms with E-state index in [-0.39, 0.29) is 37.0 Å². The number of hydrogen-bond acceptors (Lipinski definition) is 15. The van der Waals surface area contributed by atoms with Crippen LogP contribution in [0.25, 0.3) is 0 Å². The maximum atomic E-state index is 9.27. The zero-order valence-electron chi connectivity index (χ0n) is 22.4. The lowest BCUT2D eigenvalue weighted by atomic mass is 10.3. The van der Waals surface area contributed by atoms with Crippen molar-refractivity contribution in [3.05, 3.63) is 0 Å². The van der Waals surface area contributed by atoms with Crippen LogP contribution in [0.1, 0.15) is 62.3 Å². The fourth-order valence-corrected chi connectivity index (χ4v) is 2.85. The molecule has 204 valence electrons. The molecule has 0 radical (unpaired) electrons. The summed E-state index contributed by atoms with van der Waals surface area (Å²) in [6, 6.07) is 0. The molecule has 1 aliphatic heterocycles. The van der Waals surface area contributed by atoms with Gasteiger partial charge in [-0.15, -0.1) is 0 Å². The van der Waals surface area contributed by atoms with Gasteiger partial charge >= 0.3 is 0 Å². The van der Waals surface area contributed by atoms with Crippen molar-refractivity contribution in [2.24, 2.45) is 30.8 Å². The zero-order valence-corrected chi connectivity index (χ0v) is 22.4. The molecular weight excluding hydrogens is 474 g/mol. The summed E-state index contributed by atoms with van der Waals surface area (Å²) in [4.78, 5) is 0. The lowest BCUT2D eigenvalue weighted by molar-refractivity contribution is -0.365. The first-order valence-corrected chi connectivity index (χ1v) is 11.5. The molecule has 0 amide bonds. The summed E-state index contributed by atoms with van der Waals surface area (Å²) < 4.78 is 18.1. The molecule has 36 heavy (non-hydrogen) atoms. The van der Waals surface area contributed by atoms with E-state index in [1.165, 1.54) is 15.0 Å². The highest BCUT2D eigenvalue weighted by molar-refractivity contribution is 6.41. The van der Waals surface area contributed by atoms with Crippen LogP contribution in [0.3, 0.4) is 0 Å². The number of ether oxygens (including phenoxy) is 3. The van der Waals surface area contributed by atoms with E-state index in [0.717, 1.165) is 0 Å². The van der Waals surface area contributed by atoms with Crippen molar-refractivity contribution in [3.63, 3.8) is 0 Å². The molecular formula is C21H39N9O6. The average Bonchev–Trinajstić information content (AvgIpc) is 2.87. The Morgan fingerprint density at radius 1 is 0.500 bits per heavy atom. The van der Waals surface area contributed by atoms with Crippen LogP contribution in [0.2, 0.25) is 0 Å². The SMILES string of the molecule is CCOC1N(/N=C(C)/C(C)=N\O)C(OCC)N(/N=C(C)/C(C)=N\O)C(OCC)N1/N=C(C)/C(C)=N\O. The summed E-state index contributed by atoms with van der Waals surface area (Å²) >= 11 is 0. The zero-order chi connectivity index (χ0) is 27.4. The average molecular weight is 514 g/mol. The lowest BCUT2D eigenvalue weighted by Gasteiger charge is -2.52. The first-order valence-electron chi connectivity index (χ1n) is 11.5. The van der Waals surface area contributed by atoms with Crippen LogP contribution >= 0.6 is 0 Å². The Hall–Kier alpha value is -3.30. The fourth-order valence-electron chi connectivity index (χ4n) is 2.85. The van der Waals surface area contributed by atoms with Crippen molar-refractivity contribution in [2.75, 3.05) is 19.8 Å². The Morgan fingerprint density at radius 3 is 0.889 bits per heavy atom. The van der Waals surface area contributed by atoms with E-state index in [2.05, 4.69) is 30.8 Å². The van der Waals surface area contributed by atoms with E-state index in [4.69, 9.17) is 14.2 Å². The van der Waals surface area contributed by atoms with Gasteiger partial charge in [-0.25, -0.2) is 0 Å².